The number of benzene rings is 2. The molecule has 0 saturated heterocycles. The smallest absolute Gasteiger partial charge is 0.233 e. The van der Waals surface area contributed by atoms with Gasteiger partial charge in [-0.25, -0.2) is 4.68 Å². The normalized spacial score (nSPS) is 14.8. The van der Waals surface area contributed by atoms with Crippen LogP contribution in [0, 0.1) is 0 Å². The Morgan fingerprint density at radius 3 is 2.75 bits per heavy atom. The summed E-state index contributed by atoms with van der Waals surface area (Å²) >= 11 is 1.32. The van der Waals surface area contributed by atoms with E-state index in [-0.39, 0.29) is 17.8 Å². The SMILES string of the molecule is CCN(CC1COc2ccccc2O1)C(=O)CSc1nnnn1Cc1ccc(OC)cc1. The second-order valence-electron chi connectivity index (χ2n) is 7.19. The average Bonchev–Trinajstić information content (AvgIpc) is 3.28. The Morgan fingerprint density at radius 1 is 1.22 bits per heavy atom. The van der Waals surface area contributed by atoms with Crippen molar-refractivity contribution in [2.24, 2.45) is 0 Å². The molecule has 0 saturated carbocycles. The molecule has 0 N–H and O–H groups in total. The third-order valence-corrected chi connectivity index (χ3v) is 5.98. The monoisotopic (exact) mass is 455 g/mol. The zero-order valence-corrected chi connectivity index (χ0v) is 18.8. The number of carbonyl (C=O) groups excluding carboxylic acids is 1. The quantitative estimate of drug-likeness (QED) is 0.455. The molecule has 9 nitrogen and oxygen atoms in total. The molecule has 0 radical (unpaired) electrons. The average molecular weight is 456 g/mol. The van der Waals surface area contributed by atoms with Gasteiger partial charge in [0.25, 0.3) is 0 Å². The number of fused-ring (bicyclic) bond motifs is 1. The molecule has 1 aliphatic heterocycles. The van der Waals surface area contributed by atoms with Crippen LogP contribution in [0.3, 0.4) is 0 Å². The van der Waals surface area contributed by atoms with E-state index >= 15 is 0 Å². The molecule has 0 bridgehead atoms. The molecule has 4 rings (SSSR count). The first-order valence-electron chi connectivity index (χ1n) is 10.3. The van der Waals surface area contributed by atoms with E-state index in [9.17, 15) is 4.79 Å². The van der Waals surface area contributed by atoms with Crippen LogP contribution in [0.25, 0.3) is 0 Å². The van der Waals surface area contributed by atoms with E-state index in [2.05, 4.69) is 15.5 Å². The van der Waals surface area contributed by atoms with Gasteiger partial charge in [0, 0.05) is 6.54 Å². The Bertz CT molecular complexity index is 1040. The maximum absolute atomic E-state index is 12.8. The number of hydrogen-bond acceptors (Lipinski definition) is 8. The third kappa shape index (κ3) is 5.31. The molecule has 0 aliphatic carbocycles. The predicted molar refractivity (Wildman–Crippen MR) is 119 cm³/mol. The number of para-hydroxylation sites is 2. The second-order valence-corrected chi connectivity index (χ2v) is 8.13. The van der Waals surface area contributed by atoms with Crippen molar-refractivity contribution >= 4 is 17.7 Å². The lowest BCUT2D eigenvalue weighted by atomic mass is 10.2. The Kier molecular flexibility index (Phi) is 7.10. The first-order chi connectivity index (χ1) is 15.7. The van der Waals surface area contributed by atoms with E-state index in [1.165, 1.54) is 11.8 Å². The summed E-state index contributed by atoms with van der Waals surface area (Å²) in [5, 5.41) is 12.5. The van der Waals surface area contributed by atoms with Crippen LogP contribution in [0.1, 0.15) is 12.5 Å². The number of nitrogens with zero attached hydrogens (tertiary/aromatic N) is 5. The molecule has 1 unspecified atom stereocenters. The Balaban J connectivity index is 1.31. The maximum Gasteiger partial charge on any atom is 0.233 e. The lowest BCUT2D eigenvalue weighted by Gasteiger charge is -2.30. The fourth-order valence-electron chi connectivity index (χ4n) is 3.33. The molecule has 0 spiro atoms. The molecule has 3 aromatic rings. The van der Waals surface area contributed by atoms with Gasteiger partial charge in [-0.3, -0.25) is 4.79 Å². The molecular formula is C22H25N5O4S. The van der Waals surface area contributed by atoms with Crippen molar-refractivity contribution in [3.63, 3.8) is 0 Å². The van der Waals surface area contributed by atoms with Crippen LogP contribution in [0.4, 0.5) is 0 Å². The number of thioether (sulfide) groups is 1. The van der Waals surface area contributed by atoms with Gasteiger partial charge < -0.3 is 19.1 Å². The summed E-state index contributed by atoms with van der Waals surface area (Å²) in [6.45, 7) is 3.92. The van der Waals surface area contributed by atoms with E-state index in [4.69, 9.17) is 14.2 Å². The standard InChI is InChI=1S/C22H25N5O4S/c1-3-26(13-18-14-30-19-6-4-5-7-20(19)31-18)21(28)15-32-22-23-24-25-27(22)12-16-8-10-17(29-2)11-9-16/h4-11,18H,3,12-15H2,1-2H3. The summed E-state index contributed by atoms with van der Waals surface area (Å²) in [6.07, 6.45) is -0.209. The Morgan fingerprint density at radius 2 is 2.00 bits per heavy atom. The van der Waals surface area contributed by atoms with E-state index in [0.29, 0.717) is 37.1 Å². The minimum Gasteiger partial charge on any atom is -0.497 e. The molecule has 168 valence electrons. The van der Waals surface area contributed by atoms with Gasteiger partial charge in [-0.2, -0.15) is 0 Å². The van der Waals surface area contributed by atoms with E-state index in [1.807, 2.05) is 55.5 Å². The number of aromatic nitrogens is 4. The Labute approximate surface area is 190 Å². The van der Waals surface area contributed by atoms with Crippen LogP contribution in [0.15, 0.2) is 53.7 Å². The molecule has 1 aliphatic rings. The fraction of sp³-hybridized carbons (Fsp3) is 0.364. The summed E-state index contributed by atoms with van der Waals surface area (Å²) in [5.74, 6) is 2.47. The number of tetrazole rings is 1. The highest BCUT2D eigenvalue weighted by Crippen LogP contribution is 2.31. The van der Waals surface area contributed by atoms with Crippen LogP contribution < -0.4 is 14.2 Å². The lowest BCUT2D eigenvalue weighted by Crippen LogP contribution is -2.44. The molecule has 10 heteroatoms. The number of likely N-dealkylation sites (N-methyl/N-ethyl adjacent to an activating group) is 1. The molecule has 0 fully saturated rings. The second kappa shape index (κ2) is 10.4. The van der Waals surface area contributed by atoms with Crippen molar-refractivity contribution in [1.82, 2.24) is 25.1 Å². The maximum atomic E-state index is 12.8. The number of carbonyl (C=O) groups is 1. The van der Waals surface area contributed by atoms with E-state index in [1.54, 1.807) is 16.7 Å². The number of amides is 1. The van der Waals surface area contributed by atoms with E-state index < -0.39 is 0 Å². The number of methoxy groups -OCH3 is 1. The highest BCUT2D eigenvalue weighted by Gasteiger charge is 2.25. The third-order valence-electron chi connectivity index (χ3n) is 5.04. The molecule has 1 atom stereocenters. The summed E-state index contributed by atoms with van der Waals surface area (Å²) < 4.78 is 18.6. The van der Waals surface area contributed by atoms with Crippen molar-refractivity contribution in [2.45, 2.75) is 24.7 Å². The number of hydrogen-bond donors (Lipinski definition) is 0. The molecule has 1 aromatic heterocycles. The van der Waals surface area contributed by atoms with Gasteiger partial charge in [0.2, 0.25) is 11.1 Å². The van der Waals surface area contributed by atoms with Crippen LogP contribution >= 0.6 is 11.8 Å². The zero-order valence-electron chi connectivity index (χ0n) is 18.0. The van der Waals surface area contributed by atoms with Crippen LogP contribution in [-0.4, -0.2) is 69.7 Å². The zero-order chi connectivity index (χ0) is 22.3. The van der Waals surface area contributed by atoms with Gasteiger partial charge in [-0.1, -0.05) is 36.0 Å². The highest BCUT2D eigenvalue weighted by atomic mass is 32.2. The van der Waals surface area contributed by atoms with Crippen LogP contribution in [-0.2, 0) is 11.3 Å². The lowest BCUT2D eigenvalue weighted by molar-refractivity contribution is -0.129. The largest absolute Gasteiger partial charge is 0.497 e. The predicted octanol–water partition coefficient (Wildman–Crippen LogP) is 2.51. The van der Waals surface area contributed by atoms with Gasteiger partial charge in [-0.05, 0) is 47.2 Å². The summed E-state index contributed by atoms with van der Waals surface area (Å²) in [6, 6.07) is 15.3. The molecular weight excluding hydrogens is 430 g/mol. The molecule has 2 aromatic carbocycles. The fourth-order valence-corrected chi connectivity index (χ4v) is 4.11. The summed E-state index contributed by atoms with van der Waals surface area (Å²) in [5.41, 5.74) is 1.04. The minimum absolute atomic E-state index is 0.000967. The Hall–Kier alpha value is -3.27. The van der Waals surface area contributed by atoms with E-state index in [0.717, 1.165) is 17.1 Å². The van der Waals surface area contributed by atoms with Gasteiger partial charge >= 0.3 is 0 Å². The number of ether oxygens (including phenoxy) is 3. The van der Waals surface area contributed by atoms with Crippen molar-refractivity contribution < 1.29 is 19.0 Å². The molecule has 2 heterocycles. The van der Waals surface area contributed by atoms with Crippen molar-refractivity contribution in [1.29, 1.82) is 0 Å². The molecule has 32 heavy (non-hydrogen) atoms. The molecule has 1 amide bonds. The minimum atomic E-state index is -0.209. The first kappa shape index (κ1) is 21.9. The van der Waals surface area contributed by atoms with Gasteiger partial charge in [-0.15, -0.1) is 5.10 Å². The highest BCUT2D eigenvalue weighted by molar-refractivity contribution is 7.99. The van der Waals surface area contributed by atoms with Crippen LogP contribution in [0.2, 0.25) is 0 Å². The van der Waals surface area contributed by atoms with Crippen molar-refractivity contribution in [3.8, 4) is 17.2 Å². The van der Waals surface area contributed by atoms with Gasteiger partial charge in [0.15, 0.2) is 17.6 Å². The topological polar surface area (TPSA) is 91.6 Å². The first-order valence-corrected chi connectivity index (χ1v) is 11.3. The van der Waals surface area contributed by atoms with Crippen molar-refractivity contribution in [2.75, 3.05) is 32.6 Å². The van der Waals surface area contributed by atoms with Crippen LogP contribution in [0.5, 0.6) is 17.2 Å². The van der Waals surface area contributed by atoms with Gasteiger partial charge in [0.1, 0.15) is 12.4 Å². The summed E-state index contributed by atoms with van der Waals surface area (Å²) in [7, 11) is 1.63. The van der Waals surface area contributed by atoms with Gasteiger partial charge in [0.05, 0.1) is 26.0 Å². The summed E-state index contributed by atoms with van der Waals surface area (Å²) in [4.78, 5) is 14.6. The van der Waals surface area contributed by atoms with Crippen molar-refractivity contribution in [3.05, 3.63) is 54.1 Å². The number of rotatable bonds is 9.